The lowest BCUT2D eigenvalue weighted by Gasteiger charge is -2.22. The number of anilines is 1. The second-order valence-electron chi connectivity index (χ2n) is 5.80. The van der Waals surface area contributed by atoms with E-state index in [9.17, 15) is 9.59 Å². The largest absolute Gasteiger partial charge is 0.494 e. The molecule has 2 rings (SSSR count). The molecule has 0 aliphatic carbocycles. The Morgan fingerprint density at radius 1 is 1.12 bits per heavy atom. The molecule has 24 heavy (non-hydrogen) atoms. The first-order valence-corrected chi connectivity index (χ1v) is 7.78. The van der Waals surface area contributed by atoms with Gasteiger partial charge in [-0.3, -0.25) is 9.59 Å². The minimum Gasteiger partial charge on any atom is -0.494 e. The number of rotatable bonds is 7. The van der Waals surface area contributed by atoms with Crippen LogP contribution in [-0.2, 0) is 16.1 Å². The van der Waals surface area contributed by atoms with Crippen molar-refractivity contribution in [1.29, 1.82) is 0 Å². The molecule has 0 aliphatic rings. The molecule has 0 aliphatic heterocycles. The average Bonchev–Trinajstić information content (AvgIpc) is 3.08. The minimum absolute atomic E-state index is 0.242. The summed E-state index contributed by atoms with van der Waals surface area (Å²) in [4.78, 5) is 24.7. The highest BCUT2D eigenvalue weighted by atomic mass is 16.5. The van der Waals surface area contributed by atoms with Crippen molar-refractivity contribution in [2.75, 3.05) is 11.9 Å². The van der Waals surface area contributed by atoms with Crippen LogP contribution in [0.3, 0.4) is 0 Å². The number of carbonyl (C=O) groups is 2. The number of ether oxygens (including phenoxy) is 1. The molecule has 0 fully saturated rings. The molecular weight excluding hydrogens is 308 g/mol. The SMILES string of the molecule is CCOc1ccc(NC(=O)C(C)(C)C(=O)NCc2ccco2)cc1. The Morgan fingerprint density at radius 2 is 1.83 bits per heavy atom. The molecule has 0 unspecified atom stereocenters. The van der Waals surface area contributed by atoms with E-state index in [-0.39, 0.29) is 18.4 Å². The first kappa shape index (κ1) is 17.6. The van der Waals surface area contributed by atoms with Crippen LogP contribution in [0.4, 0.5) is 5.69 Å². The van der Waals surface area contributed by atoms with Crippen LogP contribution in [-0.4, -0.2) is 18.4 Å². The standard InChI is InChI=1S/C18H22N2O4/c1-4-23-14-9-7-13(8-10-14)20-17(22)18(2,3)16(21)19-12-15-6-5-11-24-15/h5-11H,4,12H2,1-3H3,(H,19,21)(H,20,22). The molecule has 0 atom stereocenters. The fourth-order valence-electron chi connectivity index (χ4n) is 1.99. The zero-order chi connectivity index (χ0) is 17.6. The third-order valence-electron chi connectivity index (χ3n) is 3.56. The molecule has 128 valence electrons. The molecule has 1 aromatic carbocycles. The molecule has 6 heteroatoms. The van der Waals surface area contributed by atoms with Gasteiger partial charge in [-0.15, -0.1) is 0 Å². The number of hydrogen-bond acceptors (Lipinski definition) is 4. The molecule has 0 radical (unpaired) electrons. The highest BCUT2D eigenvalue weighted by molar-refractivity contribution is 6.09. The van der Waals surface area contributed by atoms with Gasteiger partial charge >= 0.3 is 0 Å². The van der Waals surface area contributed by atoms with Gasteiger partial charge < -0.3 is 19.8 Å². The predicted molar refractivity (Wildman–Crippen MR) is 90.6 cm³/mol. The van der Waals surface area contributed by atoms with Gasteiger partial charge in [0.2, 0.25) is 11.8 Å². The molecule has 2 N–H and O–H groups in total. The van der Waals surface area contributed by atoms with Crippen molar-refractivity contribution < 1.29 is 18.7 Å². The lowest BCUT2D eigenvalue weighted by atomic mass is 9.91. The van der Waals surface area contributed by atoms with Crippen molar-refractivity contribution >= 4 is 17.5 Å². The Bertz CT molecular complexity index is 676. The summed E-state index contributed by atoms with van der Waals surface area (Å²) in [6.45, 7) is 5.88. The summed E-state index contributed by atoms with van der Waals surface area (Å²) in [5, 5.41) is 5.45. The van der Waals surface area contributed by atoms with Crippen LogP contribution in [0.5, 0.6) is 5.75 Å². The van der Waals surface area contributed by atoms with Crippen LogP contribution in [0, 0.1) is 5.41 Å². The van der Waals surface area contributed by atoms with Crippen LogP contribution >= 0.6 is 0 Å². The molecule has 0 saturated carbocycles. The Labute approximate surface area is 141 Å². The van der Waals surface area contributed by atoms with E-state index in [0.717, 1.165) is 5.75 Å². The number of amides is 2. The third-order valence-corrected chi connectivity index (χ3v) is 3.56. The van der Waals surface area contributed by atoms with Crippen molar-refractivity contribution in [3.63, 3.8) is 0 Å². The Kier molecular flexibility index (Phi) is 5.63. The number of benzene rings is 1. The first-order valence-electron chi connectivity index (χ1n) is 7.78. The van der Waals surface area contributed by atoms with Gasteiger partial charge in [-0.25, -0.2) is 0 Å². The van der Waals surface area contributed by atoms with Gasteiger partial charge in [0.05, 0.1) is 19.4 Å². The zero-order valence-electron chi connectivity index (χ0n) is 14.1. The second kappa shape index (κ2) is 7.68. The summed E-state index contributed by atoms with van der Waals surface area (Å²) in [6, 6.07) is 10.5. The fraction of sp³-hybridized carbons (Fsp3) is 0.333. The molecule has 0 bridgehead atoms. The van der Waals surface area contributed by atoms with Crippen LogP contribution in [0.25, 0.3) is 0 Å². The topological polar surface area (TPSA) is 80.6 Å². The van der Waals surface area contributed by atoms with E-state index >= 15 is 0 Å². The van der Waals surface area contributed by atoms with E-state index in [2.05, 4.69) is 10.6 Å². The van der Waals surface area contributed by atoms with Gasteiger partial charge in [0.15, 0.2) is 0 Å². The summed E-state index contributed by atoms with van der Waals surface area (Å²) in [5.41, 5.74) is -0.610. The molecular formula is C18H22N2O4. The van der Waals surface area contributed by atoms with E-state index in [0.29, 0.717) is 18.1 Å². The van der Waals surface area contributed by atoms with Crippen molar-refractivity contribution in [2.45, 2.75) is 27.3 Å². The Morgan fingerprint density at radius 3 is 2.42 bits per heavy atom. The van der Waals surface area contributed by atoms with Gasteiger partial charge in [-0.2, -0.15) is 0 Å². The summed E-state index contributed by atoms with van der Waals surface area (Å²) >= 11 is 0. The Balaban J connectivity index is 1.94. The Hall–Kier alpha value is -2.76. The summed E-state index contributed by atoms with van der Waals surface area (Å²) in [7, 11) is 0. The quantitative estimate of drug-likeness (QED) is 0.765. The second-order valence-corrected chi connectivity index (χ2v) is 5.80. The molecule has 1 aromatic heterocycles. The number of hydrogen-bond donors (Lipinski definition) is 2. The van der Waals surface area contributed by atoms with E-state index in [1.807, 2.05) is 6.92 Å². The normalized spacial score (nSPS) is 11.0. The van der Waals surface area contributed by atoms with E-state index in [4.69, 9.17) is 9.15 Å². The first-order chi connectivity index (χ1) is 11.4. The minimum atomic E-state index is -1.22. The lowest BCUT2D eigenvalue weighted by molar-refractivity contribution is -0.138. The molecule has 1 heterocycles. The number of carbonyl (C=O) groups excluding carboxylic acids is 2. The maximum Gasteiger partial charge on any atom is 0.239 e. The predicted octanol–water partition coefficient (Wildman–Crippen LogP) is 2.96. The molecule has 0 spiro atoms. The van der Waals surface area contributed by atoms with Gasteiger partial charge in [-0.1, -0.05) is 0 Å². The average molecular weight is 330 g/mol. The summed E-state index contributed by atoms with van der Waals surface area (Å²) < 4.78 is 10.5. The molecule has 6 nitrogen and oxygen atoms in total. The van der Waals surface area contributed by atoms with E-state index in [1.54, 1.807) is 50.2 Å². The van der Waals surface area contributed by atoms with Crippen LogP contribution in [0.1, 0.15) is 26.5 Å². The van der Waals surface area contributed by atoms with Crippen molar-refractivity contribution in [1.82, 2.24) is 5.32 Å². The zero-order valence-corrected chi connectivity index (χ0v) is 14.1. The van der Waals surface area contributed by atoms with Gasteiger partial charge in [0.1, 0.15) is 16.9 Å². The van der Waals surface area contributed by atoms with Crippen molar-refractivity contribution in [3.05, 3.63) is 48.4 Å². The maximum atomic E-state index is 12.4. The van der Waals surface area contributed by atoms with Crippen molar-refractivity contribution in [3.8, 4) is 5.75 Å². The third kappa shape index (κ3) is 4.38. The van der Waals surface area contributed by atoms with Gasteiger partial charge in [0, 0.05) is 5.69 Å². The number of furan rings is 1. The van der Waals surface area contributed by atoms with Crippen LogP contribution < -0.4 is 15.4 Å². The fourth-order valence-corrected chi connectivity index (χ4v) is 1.99. The van der Waals surface area contributed by atoms with E-state index in [1.165, 1.54) is 6.26 Å². The highest BCUT2D eigenvalue weighted by Crippen LogP contribution is 2.21. The smallest absolute Gasteiger partial charge is 0.239 e. The number of nitrogens with one attached hydrogen (secondary N) is 2. The van der Waals surface area contributed by atoms with Crippen LogP contribution in [0.15, 0.2) is 47.1 Å². The molecule has 2 amide bonds. The molecule has 2 aromatic rings. The van der Waals surface area contributed by atoms with Gasteiger partial charge in [0.25, 0.3) is 0 Å². The monoisotopic (exact) mass is 330 g/mol. The van der Waals surface area contributed by atoms with Crippen LogP contribution in [0.2, 0.25) is 0 Å². The summed E-state index contributed by atoms with van der Waals surface area (Å²) in [5.74, 6) is 0.600. The molecule has 0 saturated heterocycles. The summed E-state index contributed by atoms with van der Waals surface area (Å²) in [6.07, 6.45) is 1.53. The highest BCUT2D eigenvalue weighted by Gasteiger charge is 2.36. The van der Waals surface area contributed by atoms with E-state index < -0.39 is 5.41 Å². The maximum absolute atomic E-state index is 12.4. The lowest BCUT2D eigenvalue weighted by Crippen LogP contribution is -2.44. The van der Waals surface area contributed by atoms with Crippen molar-refractivity contribution in [2.24, 2.45) is 5.41 Å². The van der Waals surface area contributed by atoms with Gasteiger partial charge in [-0.05, 0) is 57.2 Å².